The molecular formula is C8H18FO2P. The molecule has 0 aromatic rings. The Morgan fingerprint density at radius 3 is 2.08 bits per heavy atom. The van der Waals surface area contributed by atoms with Gasteiger partial charge in [-0.15, -0.1) is 0 Å². The van der Waals surface area contributed by atoms with Crippen molar-refractivity contribution in [1.82, 2.24) is 0 Å². The van der Waals surface area contributed by atoms with Crippen LogP contribution >= 0.6 is 7.68 Å². The first kappa shape index (κ1) is 12.1. The van der Waals surface area contributed by atoms with Gasteiger partial charge in [0.25, 0.3) is 0 Å². The van der Waals surface area contributed by atoms with Crippen LogP contribution in [0, 0.1) is 5.41 Å². The van der Waals surface area contributed by atoms with Gasteiger partial charge in [0.2, 0.25) is 0 Å². The molecule has 0 spiro atoms. The minimum atomic E-state index is -3.87. The van der Waals surface area contributed by atoms with Crippen LogP contribution in [-0.2, 0) is 9.09 Å². The van der Waals surface area contributed by atoms with Gasteiger partial charge in [0.15, 0.2) is 0 Å². The lowest BCUT2D eigenvalue weighted by molar-refractivity contribution is 0.217. The van der Waals surface area contributed by atoms with Gasteiger partial charge >= 0.3 is 7.68 Å². The van der Waals surface area contributed by atoms with E-state index in [0.717, 1.165) is 0 Å². The van der Waals surface area contributed by atoms with Crippen molar-refractivity contribution in [1.29, 1.82) is 0 Å². The van der Waals surface area contributed by atoms with E-state index < -0.39 is 7.68 Å². The fourth-order valence-corrected chi connectivity index (χ4v) is 2.76. The van der Waals surface area contributed by atoms with Gasteiger partial charge in [-0.2, -0.15) is 4.20 Å². The van der Waals surface area contributed by atoms with Crippen LogP contribution < -0.4 is 0 Å². The van der Waals surface area contributed by atoms with E-state index in [-0.39, 0.29) is 17.7 Å². The summed E-state index contributed by atoms with van der Waals surface area (Å²) in [4.78, 5) is 0. The first-order valence-electron chi connectivity index (χ1n) is 4.09. The second-order valence-corrected chi connectivity index (χ2v) is 6.17. The van der Waals surface area contributed by atoms with Crippen molar-refractivity contribution in [3.63, 3.8) is 0 Å². The molecule has 1 atom stereocenters. The predicted molar refractivity (Wildman–Crippen MR) is 49.3 cm³/mol. The van der Waals surface area contributed by atoms with Crippen LogP contribution in [0.2, 0.25) is 0 Å². The first-order valence-corrected chi connectivity index (χ1v) is 5.80. The topological polar surface area (TPSA) is 26.3 Å². The average molecular weight is 196 g/mol. The second-order valence-electron chi connectivity index (χ2n) is 4.46. The van der Waals surface area contributed by atoms with Crippen molar-refractivity contribution >= 4 is 7.68 Å². The molecule has 12 heavy (non-hydrogen) atoms. The Bertz CT molecular complexity index is 184. The summed E-state index contributed by atoms with van der Waals surface area (Å²) >= 11 is 0. The van der Waals surface area contributed by atoms with Crippen molar-refractivity contribution in [2.75, 3.05) is 6.16 Å². The van der Waals surface area contributed by atoms with E-state index in [0.29, 0.717) is 0 Å². The van der Waals surface area contributed by atoms with E-state index >= 15 is 0 Å². The lowest BCUT2D eigenvalue weighted by Crippen LogP contribution is -2.13. The zero-order valence-corrected chi connectivity index (χ0v) is 9.32. The summed E-state index contributed by atoms with van der Waals surface area (Å²) < 4.78 is 29.0. The van der Waals surface area contributed by atoms with Gasteiger partial charge in [-0.3, -0.25) is 4.57 Å². The smallest absolute Gasteiger partial charge is 0.303 e. The molecule has 0 amide bonds. The molecule has 1 unspecified atom stereocenters. The standard InChI is InChI=1S/C8H18FO2P/c1-7(2)11-12(9,10)6-8(3,4)5/h7H,6H2,1-5H3. The Morgan fingerprint density at radius 2 is 1.83 bits per heavy atom. The maximum absolute atomic E-state index is 13.2. The van der Waals surface area contributed by atoms with Gasteiger partial charge in [0.1, 0.15) is 0 Å². The molecule has 2 nitrogen and oxygen atoms in total. The molecule has 0 aliphatic rings. The van der Waals surface area contributed by atoms with Crippen LogP contribution in [0.5, 0.6) is 0 Å². The molecule has 0 aliphatic heterocycles. The number of halogens is 1. The lowest BCUT2D eigenvalue weighted by atomic mass is 10.0. The molecule has 0 fully saturated rings. The Balaban J connectivity index is 4.15. The van der Waals surface area contributed by atoms with E-state index in [9.17, 15) is 8.76 Å². The van der Waals surface area contributed by atoms with E-state index in [1.165, 1.54) is 0 Å². The average Bonchev–Trinajstić information content (AvgIpc) is 1.48. The molecule has 74 valence electrons. The van der Waals surface area contributed by atoms with Gasteiger partial charge in [-0.1, -0.05) is 20.8 Å². The summed E-state index contributed by atoms with van der Waals surface area (Å²) in [6.45, 7) is 8.86. The molecule has 0 radical (unpaired) electrons. The monoisotopic (exact) mass is 196 g/mol. The number of hydrogen-bond donors (Lipinski definition) is 0. The van der Waals surface area contributed by atoms with Crippen molar-refractivity contribution < 1.29 is 13.3 Å². The molecule has 0 aliphatic carbocycles. The van der Waals surface area contributed by atoms with E-state index in [2.05, 4.69) is 0 Å². The van der Waals surface area contributed by atoms with E-state index in [1.807, 2.05) is 20.8 Å². The largest absolute Gasteiger partial charge is 0.368 e. The van der Waals surface area contributed by atoms with Crippen molar-refractivity contribution in [2.45, 2.75) is 40.7 Å². The molecule has 0 N–H and O–H groups in total. The highest BCUT2D eigenvalue weighted by molar-refractivity contribution is 7.53. The molecule has 0 bridgehead atoms. The van der Waals surface area contributed by atoms with E-state index in [1.54, 1.807) is 13.8 Å². The summed E-state index contributed by atoms with van der Waals surface area (Å²) in [6.07, 6.45) is -0.332. The van der Waals surface area contributed by atoms with Gasteiger partial charge in [-0.05, 0) is 19.3 Å². The maximum Gasteiger partial charge on any atom is 0.368 e. The first-order chi connectivity index (χ1) is 5.12. The molecule has 0 heterocycles. The van der Waals surface area contributed by atoms with Crippen molar-refractivity contribution in [3.8, 4) is 0 Å². The Kier molecular flexibility index (Phi) is 3.92. The van der Waals surface area contributed by atoms with Crippen LogP contribution in [0.25, 0.3) is 0 Å². The van der Waals surface area contributed by atoms with Crippen LogP contribution in [0.3, 0.4) is 0 Å². The Morgan fingerprint density at radius 1 is 1.42 bits per heavy atom. The highest BCUT2D eigenvalue weighted by Crippen LogP contribution is 2.53. The minimum Gasteiger partial charge on any atom is -0.303 e. The fourth-order valence-electron chi connectivity index (χ4n) is 0.919. The summed E-state index contributed by atoms with van der Waals surface area (Å²) in [6, 6.07) is 0. The maximum atomic E-state index is 13.2. The summed E-state index contributed by atoms with van der Waals surface area (Å²) in [5, 5.41) is 0. The molecule has 0 aromatic carbocycles. The van der Waals surface area contributed by atoms with Gasteiger partial charge < -0.3 is 4.52 Å². The van der Waals surface area contributed by atoms with Crippen LogP contribution in [0.4, 0.5) is 4.20 Å². The van der Waals surface area contributed by atoms with Gasteiger partial charge in [0.05, 0.1) is 12.3 Å². The predicted octanol–water partition coefficient (Wildman–Crippen LogP) is 3.62. The zero-order chi connectivity index (χ0) is 9.99. The highest BCUT2D eigenvalue weighted by atomic mass is 31.2. The highest BCUT2D eigenvalue weighted by Gasteiger charge is 2.30. The van der Waals surface area contributed by atoms with Crippen LogP contribution in [0.1, 0.15) is 34.6 Å². The minimum absolute atomic E-state index is 0.0157. The van der Waals surface area contributed by atoms with Gasteiger partial charge in [0, 0.05) is 0 Å². The normalized spacial score (nSPS) is 17.9. The second kappa shape index (κ2) is 3.89. The number of rotatable bonds is 3. The molecule has 0 aromatic heterocycles. The molecular weight excluding hydrogens is 178 g/mol. The molecule has 0 rings (SSSR count). The SMILES string of the molecule is CC(C)OP(=O)(F)CC(C)(C)C. The lowest BCUT2D eigenvalue weighted by Gasteiger charge is -2.21. The third kappa shape index (κ3) is 6.81. The Labute approximate surface area is 74.1 Å². The number of hydrogen-bond acceptors (Lipinski definition) is 2. The molecule has 0 saturated carbocycles. The van der Waals surface area contributed by atoms with Crippen LogP contribution in [-0.4, -0.2) is 12.3 Å². The summed E-state index contributed by atoms with van der Waals surface area (Å²) in [5.41, 5.74) is -0.292. The summed E-state index contributed by atoms with van der Waals surface area (Å²) in [7, 11) is -3.87. The van der Waals surface area contributed by atoms with Crippen molar-refractivity contribution in [2.24, 2.45) is 5.41 Å². The van der Waals surface area contributed by atoms with Crippen molar-refractivity contribution in [3.05, 3.63) is 0 Å². The molecule has 4 heteroatoms. The quantitative estimate of drug-likeness (QED) is 0.644. The van der Waals surface area contributed by atoms with Gasteiger partial charge in [-0.25, -0.2) is 0 Å². The zero-order valence-electron chi connectivity index (χ0n) is 8.43. The third-order valence-corrected chi connectivity index (χ3v) is 3.09. The molecule has 0 saturated heterocycles. The van der Waals surface area contributed by atoms with E-state index in [4.69, 9.17) is 4.52 Å². The fraction of sp³-hybridized carbons (Fsp3) is 1.00. The third-order valence-electron chi connectivity index (χ3n) is 1.03. The Hall–Kier alpha value is 0.120. The van der Waals surface area contributed by atoms with Crippen LogP contribution in [0.15, 0.2) is 0 Å². The summed E-state index contributed by atoms with van der Waals surface area (Å²) in [5.74, 6) is 0.